The summed E-state index contributed by atoms with van der Waals surface area (Å²) < 4.78 is 30.6. The van der Waals surface area contributed by atoms with Crippen molar-refractivity contribution in [3.05, 3.63) is 39.8 Å². The average Bonchev–Trinajstić information content (AvgIpc) is 3.25. The third-order valence-corrected chi connectivity index (χ3v) is 9.66. The highest BCUT2D eigenvalue weighted by molar-refractivity contribution is 7.92. The summed E-state index contributed by atoms with van der Waals surface area (Å²) in [5.41, 5.74) is 4.40. The van der Waals surface area contributed by atoms with E-state index in [-0.39, 0.29) is 11.8 Å². The Kier molecular flexibility index (Phi) is 5.30. The van der Waals surface area contributed by atoms with Crippen molar-refractivity contribution in [2.45, 2.75) is 50.8 Å². The lowest BCUT2D eigenvalue weighted by Gasteiger charge is -2.35. The number of pyridine rings is 1. The molecule has 2 aromatic heterocycles. The van der Waals surface area contributed by atoms with Gasteiger partial charge in [-0.1, -0.05) is 23.3 Å². The van der Waals surface area contributed by atoms with Crippen LogP contribution in [-0.4, -0.2) is 54.9 Å². The predicted molar refractivity (Wildman–Crippen MR) is 126 cm³/mol. The monoisotopic (exact) mass is 474 g/mol. The molecule has 0 amide bonds. The van der Waals surface area contributed by atoms with Gasteiger partial charge in [0, 0.05) is 30.2 Å². The maximum atomic E-state index is 13.0. The van der Waals surface area contributed by atoms with Crippen LogP contribution in [0.3, 0.4) is 0 Å². The molecule has 0 saturated carbocycles. The Hall–Kier alpha value is -2.03. The molecule has 2 saturated heterocycles. The molecule has 0 unspecified atom stereocenters. The summed E-state index contributed by atoms with van der Waals surface area (Å²) in [4.78, 5) is 16.4. The fraction of sp³-hybridized carbons (Fsp3) is 0.522. The zero-order chi connectivity index (χ0) is 22.7. The molecule has 5 rings (SSSR count). The zero-order valence-corrected chi connectivity index (χ0v) is 20.1. The predicted octanol–water partition coefficient (Wildman–Crippen LogP) is 3.80. The molecule has 32 heavy (non-hydrogen) atoms. The summed E-state index contributed by atoms with van der Waals surface area (Å²) in [6, 6.07) is 3.77. The van der Waals surface area contributed by atoms with Gasteiger partial charge in [0.15, 0.2) is 15.7 Å². The summed E-state index contributed by atoms with van der Waals surface area (Å²) >= 11 is 6.36. The van der Waals surface area contributed by atoms with Crippen LogP contribution < -0.4 is 4.90 Å². The molecule has 2 aromatic rings. The van der Waals surface area contributed by atoms with Crippen LogP contribution in [0.2, 0.25) is 5.15 Å². The number of hydrogen-bond donors (Lipinski definition) is 0. The molecular formula is C23H27ClN4O3S. The van der Waals surface area contributed by atoms with Gasteiger partial charge in [-0.2, -0.15) is 0 Å². The Morgan fingerprint density at radius 3 is 2.78 bits per heavy atom. The van der Waals surface area contributed by atoms with Gasteiger partial charge in [0.05, 0.1) is 36.4 Å². The summed E-state index contributed by atoms with van der Waals surface area (Å²) in [5, 5.41) is 0.386. The summed E-state index contributed by atoms with van der Waals surface area (Å²) in [6.45, 7) is 7.83. The summed E-state index contributed by atoms with van der Waals surface area (Å²) in [7, 11) is -3.31. The number of halogens is 1. The molecule has 3 aliphatic rings. The van der Waals surface area contributed by atoms with E-state index in [4.69, 9.17) is 26.3 Å². The van der Waals surface area contributed by atoms with Crippen molar-refractivity contribution in [1.82, 2.24) is 15.0 Å². The summed E-state index contributed by atoms with van der Waals surface area (Å²) in [5.74, 6) is 1.40. The Morgan fingerprint density at radius 1 is 1.25 bits per heavy atom. The number of anilines is 1. The van der Waals surface area contributed by atoms with Gasteiger partial charge in [0.1, 0.15) is 15.7 Å². The first-order valence-corrected chi connectivity index (χ1v) is 13.0. The molecule has 2 atom stereocenters. The van der Waals surface area contributed by atoms with Gasteiger partial charge in [-0.3, -0.25) is 0 Å². The van der Waals surface area contributed by atoms with Crippen molar-refractivity contribution in [2.75, 3.05) is 30.4 Å². The number of aromatic nitrogens is 3. The molecule has 0 bridgehead atoms. The lowest BCUT2D eigenvalue weighted by atomic mass is 10.00. The number of nitrogens with zero attached hydrogens (tertiary/aromatic N) is 4. The average molecular weight is 475 g/mol. The molecule has 2 fully saturated rings. The van der Waals surface area contributed by atoms with Crippen molar-refractivity contribution >= 4 is 33.3 Å². The van der Waals surface area contributed by atoms with E-state index in [1.165, 1.54) is 5.57 Å². The standard InChI is InChI=1S/C23H27ClN4O3S/c1-14-9-16-17(11-20(24)25-18(16)10-14)22-26-19(23(3)5-4-8-32(23,29)30)12-21(27-22)28-6-7-31-13-15(28)2/h9,11-12,15H,4-8,10,13H2,1-3H3/t15-,23+/m1/s1. The molecule has 1 aliphatic carbocycles. The lowest BCUT2D eigenvalue weighted by molar-refractivity contribution is 0.0985. The van der Waals surface area contributed by atoms with E-state index in [1.54, 1.807) is 13.0 Å². The van der Waals surface area contributed by atoms with Gasteiger partial charge >= 0.3 is 0 Å². The minimum atomic E-state index is -3.31. The van der Waals surface area contributed by atoms with Crippen LogP contribution in [0, 0.1) is 0 Å². The van der Waals surface area contributed by atoms with E-state index in [1.807, 2.05) is 6.07 Å². The number of rotatable bonds is 3. The molecule has 0 spiro atoms. The quantitative estimate of drug-likeness (QED) is 0.625. The molecule has 9 heteroatoms. The van der Waals surface area contributed by atoms with E-state index in [0.29, 0.717) is 49.3 Å². The second kappa shape index (κ2) is 7.78. The highest BCUT2D eigenvalue weighted by atomic mass is 35.5. The molecule has 2 aliphatic heterocycles. The zero-order valence-electron chi connectivity index (χ0n) is 18.6. The first-order valence-electron chi connectivity index (χ1n) is 11.0. The smallest absolute Gasteiger partial charge is 0.162 e. The maximum Gasteiger partial charge on any atom is 0.162 e. The van der Waals surface area contributed by atoms with Crippen LogP contribution in [0.1, 0.15) is 50.6 Å². The molecule has 4 heterocycles. The van der Waals surface area contributed by atoms with E-state index < -0.39 is 14.6 Å². The molecular weight excluding hydrogens is 448 g/mol. The Balaban J connectivity index is 1.73. The van der Waals surface area contributed by atoms with E-state index in [0.717, 1.165) is 29.1 Å². The van der Waals surface area contributed by atoms with E-state index in [2.05, 4.69) is 29.8 Å². The van der Waals surface area contributed by atoms with E-state index >= 15 is 0 Å². The van der Waals surface area contributed by atoms with Crippen LogP contribution >= 0.6 is 11.6 Å². The van der Waals surface area contributed by atoms with Gasteiger partial charge in [-0.25, -0.2) is 23.4 Å². The van der Waals surface area contributed by atoms with Crippen molar-refractivity contribution in [3.8, 4) is 11.4 Å². The number of sulfone groups is 1. The topological polar surface area (TPSA) is 85.3 Å². The van der Waals surface area contributed by atoms with Gasteiger partial charge in [-0.05, 0) is 39.7 Å². The number of hydrogen-bond acceptors (Lipinski definition) is 7. The van der Waals surface area contributed by atoms with Gasteiger partial charge in [-0.15, -0.1) is 0 Å². The molecule has 7 nitrogen and oxygen atoms in total. The van der Waals surface area contributed by atoms with Crippen LogP contribution in [0.4, 0.5) is 5.82 Å². The van der Waals surface area contributed by atoms with Crippen LogP contribution in [-0.2, 0) is 25.7 Å². The fourth-order valence-corrected chi connectivity index (χ4v) is 6.99. The Labute approximate surface area is 193 Å². The van der Waals surface area contributed by atoms with Crippen LogP contribution in [0.5, 0.6) is 0 Å². The first kappa shape index (κ1) is 21.8. The summed E-state index contributed by atoms with van der Waals surface area (Å²) in [6.07, 6.45) is 4.02. The van der Waals surface area contributed by atoms with Crippen molar-refractivity contribution in [3.63, 3.8) is 0 Å². The minimum absolute atomic E-state index is 0.126. The second-order valence-corrected chi connectivity index (χ2v) is 12.2. The van der Waals surface area contributed by atoms with E-state index in [9.17, 15) is 8.42 Å². The molecule has 0 aromatic carbocycles. The van der Waals surface area contributed by atoms with Gasteiger partial charge in [0.25, 0.3) is 0 Å². The van der Waals surface area contributed by atoms with Gasteiger partial charge < -0.3 is 9.64 Å². The first-order chi connectivity index (χ1) is 15.2. The number of allylic oxidation sites excluding steroid dienone is 1. The largest absolute Gasteiger partial charge is 0.377 e. The maximum absolute atomic E-state index is 13.0. The normalized spacial score (nSPS) is 26.8. The Bertz CT molecular complexity index is 1230. The van der Waals surface area contributed by atoms with Crippen molar-refractivity contribution in [1.29, 1.82) is 0 Å². The number of fused-ring (bicyclic) bond motifs is 1. The van der Waals surface area contributed by atoms with Crippen LogP contribution in [0.15, 0.2) is 17.7 Å². The highest BCUT2D eigenvalue weighted by Crippen LogP contribution is 2.42. The Morgan fingerprint density at radius 2 is 2.06 bits per heavy atom. The molecule has 170 valence electrons. The van der Waals surface area contributed by atoms with Crippen molar-refractivity contribution in [2.24, 2.45) is 0 Å². The van der Waals surface area contributed by atoms with Gasteiger partial charge in [0.2, 0.25) is 0 Å². The van der Waals surface area contributed by atoms with Crippen LogP contribution in [0.25, 0.3) is 17.5 Å². The number of ether oxygens (including phenoxy) is 1. The molecule has 0 radical (unpaired) electrons. The highest BCUT2D eigenvalue weighted by Gasteiger charge is 2.47. The third-order valence-electron chi connectivity index (χ3n) is 6.85. The SMILES string of the molecule is CC1=Cc2c(-c3nc(N4CCOC[C@H]4C)cc([C@]4(C)CCCS4(=O)=O)n3)cc(Cl)nc2C1. The lowest BCUT2D eigenvalue weighted by Crippen LogP contribution is -2.44. The van der Waals surface area contributed by atoms with Crippen molar-refractivity contribution < 1.29 is 13.2 Å². The third kappa shape index (κ3) is 3.53. The number of morpholine rings is 1. The second-order valence-electron chi connectivity index (χ2n) is 9.23. The molecule has 0 N–H and O–H groups in total. The fourth-order valence-electron chi connectivity index (χ4n) is 4.92. The minimum Gasteiger partial charge on any atom is -0.377 e.